The molecule has 2 saturated heterocycles. The molecule has 2 fully saturated rings. The maximum Gasteiger partial charge on any atom is 0.405 e. The van der Waals surface area contributed by atoms with Crippen LogP contribution in [0.2, 0.25) is 0 Å². The summed E-state index contributed by atoms with van der Waals surface area (Å²) in [5.74, 6) is -0.170. The molecule has 18 heteroatoms. The Labute approximate surface area is 362 Å². The summed E-state index contributed by atoms with van der Waals surface area (Å²) in [5, 5.41) is 14.6. The molecule has 4 N–H and O–H groups in total. The van der Waals surface area contributed by atoms with Crippen LogP contribution in [-0.2, 0) is 24.2 Å². The van der Waals surface area contributed by atoms with Gasteiger partial charge < -0.3 is 25.0 Å². The van der Waals surface area contributed by atoms with Gasteiger partial charge in [0.05, 0.1) is 18.2 Å². The Hall–Kier alpha value is -3.86. The molecule has 4 atom stereocenters. The summed E-state index contributed by atoms with van der Waals surface area (Å²) in [6, 6.07) is 29.0. The number of aromatic nitrogens is 2. The topological polar surface area (TPSA) is 175 Å². The summed E-state index contributed by atoms with van der Waals surface area (Å²) in [6.07, 6.45) is -0.627. The molecule has 0 radical (unpaired) electrons. The van der Waals surface area contributed by atoms with E-state index in [-0.39, 0.29) is 49.3 Å². The van der Waals surface area contributed by atoms with Gasteiger partial charge >= 0.3 is 18.7 Å². The summed E-state index contributed by atoms with van der Waals surface area (Å²) in [6.45, 7) is 4.61. The van der Waals surface area contributed by atoms with Crippen molar-refractivity contribution in [3.05, 3.63) is 140 Å². The summed E-state index contributed by atoms with van der Waals surface area (Å²) in [4.78, 5) is 55.1. The van der Waals surface area contributed by atoms with Crippen LogP contribution in [0.25, 0.3) is 0 Å². The van der Waals surface area contributed by atoms with Crippen LogP contribution in [0.4, 0.5) is 4.79 Å². The first-order valence-corrected chi connectivity index (χ1v) is 24.6. The molecule has 0 saturated carbocycles. The van der Waals surface area contributed by atoms with Crippen LogP contribution in [0.5, 0.6) is 0 Å². The number of benzene rings is 3. The highest BCUT2D eigenvalue weighted by Crippen LogP contribution is 2.57. The van der Waals surface area contributed by atoms with Crippen molar-refractivity contribution in [2.24, 2.45) is 0 Å². The van der Waals surface area contributed by atoms with Crippen molar-refractivity contribution in [3.8, 4) is 0 Å². The number of carboxylic acid groups (broad SMARTS) is 1. The molecular formula is C42H52ClN6O8PS2. The number of aryl methyl sites for hydroxylation is 1. The van der Waals surface area contributed by atoms with Crippen molar-refractivity contribution in [1.29, 1.82) is 0 Å². The predicted octanol–water partition coefficient (Wildman–Crippen LogP) is 6.80. The van der Waals surface area contributed by atoms with Gasteiger partial charge in [-0.05, 0) is 47.7 Å². The summed E-state index contributed by atoms with van der Waals surface area (Å²) in [7, 11) is 2.99. The first-order valence-electron chi connectivity index (χ1n) is 19.8. The summed E-state index contributed by atoms with van der Waals surface area (Å²) in [5.41, 5.74) is 1.22. The highest BCUT2D eigenvalue weighted by molar-refractivity contribution is 8.77. The predicted molar refractivity (Wildman–Crippen MR) is 238 cm³/mol. The number of ether oxygens (including phenoxy) is 1. The zero-order valence-electron chi connectivity index (χ0n) is 34.0. The van der Waals surface area contributed by atoms with Gasteiger partial charge in [0.25, 0.3) is 5.56 Å². The summed E-state index contributed by atoms with van der Waals surface area (Å²) < 4.78 is 29.7. The van der Waals surface area contributed by atoms with E-state index in [1.165, 1.54) is 21.6 Å². The number of carbonyl (C=O) groups excluding carboxylic acids is 1. The first kappa shape index (κ1) is 45.7. The van der Waals surface area contributed by atoms with E-state index in [0.717, 1.165) is 16.7 Å². The molecular weight excluding hydrogens is 847 g/mol. The number of carbonyl (C=O) groups is 2. The van der Waals surface area contributed by atoms with Crippen molar-refractivity contribution < 1.29 is 28.5 Å². The number of H-pyrrole nitrogens is 1. The molecule has 1 aromatic heterocycles. The van der Waals surface area contributed by atoms with Gasteiger partial charge in [-0.15, -0.1) is 0 Å². The van der Waals surface area contributed by atoms with Gasteiger partial charge in [0.2, 0.25) is 5.91 Å². The fourth-order valence-electron chi connectivity index (χ4n) is 7.64. The third kappa shape index (κ3) is 11.1. The van der Waals surface area contributed by atoms with Crippen molar-refractivity contribution >= 4 is 51.7 Å². The molecule has 0 aliphatic carbocycles. The zero-order chi connectivity index (χ0) is 43.1. The van der Waals surface area contributed by atoms with E-state index in [2.05, 4.69) is 56.9 Å². The van der Waals surface area contributed by atoms with Crippen molar-refractivity contribution in [2.75, 3.05) is 38.5 Å². The smallest absolute Gasteiger partial charge is 0.405 e. The number of aromatic amines is 1. The minimum Gasteiger partial charge on any atom is -0.465 e. The van der Waals surface area contributed by atoms with E-state index >= 15 is 0 Å². The van der Waals surface area contributed by atoms with Crippen LogP contribution >= 0.6 is 39.7 Å². The normalized spacial score (nSPS) is 19.9. The average molecular weight is 899 g/mol. The fraction of sp³-hybridized carbons (Fsp3) is 0.429. The molecule has 4 aromatic rings. The third-order valence-electron chi connectivity index (χ3n) is 10.4. The number of nitrogens with one attached hydrogen (secondary N) is 3. The molecule has 14 nitrogen and oxygen atoms in total. The lowest BCUT2D eigenvalue weighted by atomic mass is 9.75. The molecule has 322 valence electrons. The van der Waals surface area contributed by atoms with Gasteiger partial charge in [0, 0.05) is 54.5 Å². The Morgan fingerprint density at radius 2 is 1.50 bits per heavy atom. The largest absolute Gasteiger partial charge is 0.465 e. The van der Waals surface area contributed by atoms with Crippen LogP contribution in [0.1, 0.15) is 62.1 Å². The Morgan fingerprint density at radius 1 is 0.950 bits per heavy atom. The van der Waals surface area contributed by atoms with E-state index in [0.29, 0.717) is 18.4 Å². The highest BCUT2D eigenvalue weighted by atomic mass is 35.7. The fourth-order valence-corrected chi connectivity index (χ4v) is 12.0. The molecule has 0 spiro atoms. The summed E-state index contributed by atoms with van der Waals surface area (Å²) >= 11 is 6.75. The van der Waals surface area contributed by atoms with Gasteiger partial charge in [-0.25, -0.2) is 14.3 Å². The van der Waals surface area contributed by atoms with E-state index in [1.54, 1.807) is 22.4 Å². The quantitative estimate of drug-likeness (QED) is 0.0559. The van der Waals surface area contributed by atoms with Crippen LogP contribution in [-0.4, -0.2) is 97.7 Å². The van der Waals surface area contributed by atoms with Crippen LogP contribution in [0.3, 0.4) is 0 Å². The maximum atomic E-state index is 14.1. The Bertz CT molecular complexity index is 2140. The number of hydrogen-bond acceptors (Lipinski definition) is 10. The molecule has 60 heavy (non-hydrogen) atoms. The molecule has 2 amide bonds. The standard InChI is InChI=1S/C42H52ClN6O8PS2/c1-29-24-49(39(52)46-37(29)50)36-26-47(42(30-14-8-5-9-15-30,31-16-10-6-11-17-31)32-18-12-7-13-19-32)25-34(57-36)27-56-58(43,55)48-22-20-33(21-23-48)44-38(51)35(45-40(53)54)28-59-60-41(2,3)4/h5-19,24,33-36,45H,20-23,25-28H2,1-4H3,(H,44,51)(H,53,54)(H,46,50,52)/t34-,35?,36+,58?/m0/s1. The van der Waals surface area contributed by atoms with Crippen molar-refractivity contribution in [3.63, 3.8) is 0 Å². The number of rotatable bonds is 15. The number of halogens is 1. The Kier molecular flexibility index (Phi) is 15.1. The van der Waals surface area contributed by atoms with E-state index in [1.807, 2.05) is 75.4 Å². The van der Waals surface area contributed by atoms with Gasteiger partial charge in [-0.1, -0.05) is 133 Å². The van der Waals surface area contributed by atoms with Crippen LogP contribution in [0.15, 0.2) is 107 Å². The maximum absolute atomic E-state index is 14.1. The monoisotopic (exact) mass is 898 g/mol. The van der Waals surface area contributed by atoms with E-state index < -0.39 is 54.0 Å². The number of amides is 2. The van der Waals surface area contributed by atoms with Gasteiger partial charge in [-0.3, -0.25) is 28.6 Å². The second-order valence-electron chi connectivity index (χ2n) is 15.9. The number of nitrogens with zero attached hydrogens (tertiary/aromatic N) is 3. The molecule has 2 aliphatic rings. The molecule has 6 rings (SSSR count). The lowest BCUT2D eigenvalue weighted by Crippen LogP contribution is -2.58. The number of piperidine rings is 1. The van der Waals surface area contributed by atoms with Crippen LogP contribution < -0.4 is 21.9 Å². The SMILES string of the molecule is Cc1cn([C@H]2CN(C(c3ccccc3)(c3ccccc3)c3ccccc3)C[C@@H](COP(=O)(Cl)N3CCC(NC(=O)C(CSSC(C)(C)C)NC(=O)O)CC3)O2)c(=O)[nH]c1=O. The molecule has 2 aliphatic heterocycles. The second kappa shape index (κ2) is 19.9. The van der Waals surface area contributed by atoms with Crippen molar-refractivity contribution in [1.82, 2.24) is 29.8 Å². The third-order valence-corrected chi connectivity index (χ3v) is 16.2. The van der Waals surface area contributed by atoms with Crippen LogP contribution in [0, 0.1) is 6.92 Å². The van der Waals surface area contributed by atoms with Gasteiger partial charge in [0.1, 0.15) is 6.04 Å². The first-order chi connectivity index (χ1) is 28.6. The van der Waals surface area contributed by atoms with Gasteiger partial charge in [-0.2, -0.15) is 0 Å². The number of morpholine rings is 1. The highest BCUT2D eigenvalue weighted by Gasteiger charge is 2.47. The Morgan fingerprint density at radius 3 is 2.02 bits per heavy atom. The molecule has 2 unspecified atom stereocenters. The molecule has 0 bridgehead atoms. The average Bonchev–Trinajstić information content (AvgIpc) is 3.22. The lowest BCUT2D eigenvalue weighted by molar-refractivity contribution is -0.148. The Balaban J connectivity index is 1.23. The van der Waals surface area contributed by atoms with E-state index in [4.69, 9.17) is 20.5 Å². The second-order valence-corrected chi connectivity index (χ2v) is 22.0. The zero-order valence-corrected chi connectivity index (χ0v) is 37.3. The minimum absolute atomic E-state index is 0.0669. The minimum atomic E-state index is -3.93. The van der Waals surface area contributed by atoms with Crippen molar-refractivity contribution in [2.45, 2.75) is 75.2 Å². The van der Waals surface area contributed by atoms with Gasteiger partial charge in [0.15, 0.2) is 6.23 Å². The lowest BCUT2D eigenvalue weighted by Gasteiger charge is -2.50. The van der Waals surface area contributed by atoms with E-state index in [9.17, 15) is 28.8 Å². The molecule has 3 heterocycles. The number of hydrogen-bond donors (Lipinski definition) is 4. The molecule has 3 aromatic carbocycles.